The quantitative estimate of drug-likeness (QED) is 0.0302. The number of ether oxygens (including phenoxy) is 9. The van der Waals surface area contributed by atoms with Crippen LogP contribution >= 0.6 is 73.9 Å². The number of methoxy groups -OCH3 is 1. The highest BCUT2D eigenvalue weighted by molar-refractivity contribution is 9.10. The lowest BCUT2D eigenvalue weighted by Crippen LogP contribution is -2.19. The maximum absolute atomic E-state index is 6.07. The van der Waals surface area contributed by atoms with E-state index in [0.29, 0.717) is 114 Å². The topological polar surface area (TPSA) is 460 Å². The zero-order valence-corrected chi connectivity index (χ0v) is 69.7. The van der Waals surface area contributed by atoms with Crippen LogP contribution in [0.3, 0.4) is 0 Å². The standard InChI is InChI=1S/C16H25N5O3.C15H22BrN5O2.C15H23N5O2.C10H10Cl2N4O.C10H12ClN5O.C5H2Cl2N4/c1-4-7-10(2)24-15-19-13(17)12-14(20-15)21(16(18-12)22-3)11-8-5-6-9-23-11;1-3-6-9(2)23-15-19-12(17)11-13(20-15)21(14(16)18-11)10-7-4-5-8-22-10;1-3-6-10(2)22-15-18-13(16)12-14(19-15)20(9-17-12)11-7-4-5-8-21-11;11-8-7-9(15-10(12)14-8)16(5-13-7)6-3-1-2-4-17-6;11-10-14-8(12)7-9(15-10)16(5-13-7)6-3-1-2-4-17-6;6-3-2-4(9-1-8-2)11-5(7)10-3/h10-11H,4-9H2,1-3H3,(H2,17,19,20);9-10H,3-8H2,1-2H3,(H2,17,19,20);9-11H,3-8H2,1-2H3,(H2,16,18,19);5-6H,1-4H2;5-6H,1-4H2,(H2,12,14,15);1H,(H,8,9,10,11)/t10-,11?;9-,10?;10-,11?;;;/m000.../s1. The lowest BCUT2D eigenvalue weighted by molar-refractivity contribution is -0.0335. The maximum Gasteiger partial charge on any atom is 0.320 e. The molecule has 114 heavy (non-hydrogen) atoms. The third-order valence-corrected chi connectivity index (χ3v) is 20.5. The van der Waals surface area contributed by atoms with Crippen molar-refractivity contribution in [3.63, 3.8) is 0 Å². The van der Waals surface area contributed by atoms with Gasteiger partial charge in [0, 0.05) is 33.0 Å². The van der Waals surface area contributed by atoms with Gasteiger partial charge < -0.3 is 70.6 Å². The predicted molar refractivity (Wildman–Crippen MR) is 434 cm³/mol. The van der Waals surface area contributed by atoms with Gasteiger partial charge in [0.2, 0.25) is 15.9 Å². The van der Waals surface area contributed by atoms with E-state index < -0.39 is 0 Å². The van der Waals surface area contributed by atoms with Gasteiger partial charge in [0.25, 0.3) is 0 Å². The average Bonchev–Trinajstić information content (AvgIpc) is 1.60. The molecular formula is C71H94BrCl5N28O9. The molecule has 5 saturated heterocycles. The second-order valence-electron chi connectivity index (χ2n) is 27.5. The lowest BCUT2D eigenvalue weighted by atomic mass is 10.2. The Bertz CT molecular complexity index is 5040. The lowest BCUT2D eigenvalue weighted by Gasteiger charge is -2.24. The van der Waals surface area contributed by atoms with Gasteiger partial charge in [-0.25, -0.2) is 34.9 Å². The van der Waals surface area contributed by atoms with Crippen LogP contribution in [0.25, 0.3) is 67.0 Å². The van der Waals surface area contributed by atoms with Crippen molar-refractivity contribution in [2.45, 2.75) is 226 Å². The molecule has 0 aliphatic carbocycles. The van der Waals surface area contributed by atoms with Crippen molar-refractivity contribution >= 4 is 164 Å². The second kappa shape index (κ2) is 40.3. The highest BCUT2D eigenvalue weighted by atomic mass is 79.9. The molecule has 614 valence electrons. The Morgan fingerprint density at radius 1 is 0.421 bits per heavy atom. The highest BCUT2D eigenvalue weighted by Crippen LogP contribution is 2.37. The van der Waals surface area contributed by atoms with Gasteiger partial charge in [-0.3, -0.25) is 22.8 Å². The third kappa shape index (κ3) is 21.0. The van der Waals surface area contributed by atoms with Crippen LogP contribution in [0.5, 0.6) is 24.0 Å². The minimum atomic E-state index is -0.158. The molecule has 5 aliphatic heterocycles. The molecule has 17 rings (SSSR count). The predicted octanol–water partition coefficient (Wildman–Crippen LogP) is 15.0. The van der Waals surface area contributed by atoms with E-state index in [9.17, 15) is 0 Å². The number of halogens is 6. The van der Waals surface area contributed by atoms with E-state index in [1.165, 1.54) is 6.33 Å². The molecule has 5 fully saturated rings. The van der Waals surface area contributed by atoms with Crippen LogP contribution in [-0.2, 0) is 23.7 Å². The number of anilines is 4. The molecule has 9 N–H and O–H groups in total. The first-order valence-corrected chi connectivity index (χ1v) is 41.0. The normalized spacial score (nSPS) is 19.3. The van der Waals surface area contributed by atoms with Gasteiger partial charge >= 0.3 is 24.0 Å². The summed E-state index contributed by atoms with van der Waals surface area (Å²) in [6.07, 6.45) is 28.0. The summed E-state index contributed by atoms with van der Waals surface area (Å²) in [4.78, 5) is 78.1. The summed E-state index contributed by atoms with van der Waals surface area (Å²) >= 11 is 32.3. The van der Waals surface area contributed by atoms with E-state index in [1.54, 1.807) is 26.1 Å². The SMILES string of the molecule is CCC[C@H](C)Oc1nc(N)c2nc(Br)n(C3CCCCO3)c2n1.CCC[C@H](C)Oc1nc(N)c2nc(OC)n(C3CCCCO3)c2n1.CCC[C@H](C)Oc1nc(N)c2ncn(C3CCCCO3)c2n1.Clc1nc(Cl)c2[nH]cnc2n1.Clc1nc(Cl)c2ncn(C3CCCCO3)c2n1.Nc1nc(Cl)nc2c1ncn2C1CCCCO1. The Kier molecular flexibility index (Phi) is 30.0. The summed E-state index contributed by atoms with van der Waals surface area (Å²) in [5, 5.41) is 0.925. The molecule has 0 amide bonds. The van der Waals surface area contributed by atoms with Crippen molar-refractivity contribution in [2.24, 2.45) is 0 Å². The highest BCUT2D eigenvalue weighted by Gasteiger charge is 2.30. The molecule has 0 radical (unpaired) electrons. The number of rotatable bonds is 18. The number of aromatic nitrogens is 24. The summed E-state index contributed by atoms with van der Waals surface area (Å²) in [7, 11) is 1.57. The number of nitrogens with zero attached hydrogens (tertiary/aromatic N) is 23. The molecule has 43 heteroatoms. The minimum Gasteiger partial charge on any atom is -0.468 e. The number of hydrogen-bond donors (Lipinski definition) is 5. The Morgan fingerprint density at radius 3 is 1.24 bits per heavy atom. The molecule has 5 unspecified atom stereocenters. The van der Waals surface area contributed by atoms with Crippen molar-refractivity contribution in [1.82, 2.24) is 118 Å². The maximum atomic E-state index is 6.07. The van der Waals surface area contributed by atoms with E-state index in [-0.39, 0.29) is 87.4 Å². The number of H-pyrrole nitrogens is 1. The Labute approximate surface area is 689 Å². The molecule has 0 aromatic carbocycles. The first-order chi connectivity index (χ1) is 55.2. The summed E-state index contributed by atoms with van der Waals surface area (Å²) in [6.45, 7) is 16.1. The molecule has 37 nitrogen and oxygen atoms in total. The number of nitrogens with two attached hydrogens (primary N) is 4. The van der Waals surface area contributed by atoms with Crippen molar-refractivity contribution in [3.05, 3.63) is 56.2 Å². The van der Waals surface area contributed by atoms with Crippen molar-refractivity contribution < 1.29 is 42.6 Å². The second-order valence-corrected chi connectivity index (χ2v) is 30.0. The molecule has 12 aromatic rings. The van der Waals surface area contributed by atoms with Crippen molar-refractivity contribution in [2.75, 3.05) is 63.1 Å². The van der Waals surface area contributed by atoms with Crippen LogP contribution in [0.15, 0.2) is 30.0 Å². The molecular weight excluding hydrogens is 1650 g/mol. The van der Waals surface area contributed by atoms with Gasteiger partial charge in [0.05, 0.1) is 50.7 Å². The van der Waals surface area contributed by atoms with Crippen LogP contribution in [-0.4, -0.2) is 176 Å². The van der Waals surface area contributed by atoms with Gasteiger partial charge in [-0.15, -0.1) is 0 Å². The number of imidazole rings is 6. The van der Waals surface area contributed by atoms with E-state index >= 15 is 0 Å². The largest absolute Gasteiger partial charge is 0.468 e. The fourth-order valence-electron chi connectivity index (χ4n) is 13.4. The number of hydrogen-bond acceptors (Lipinski definition) is 31. The smallest absolute Gasteiger partial charge is 0.320 e. The molecule has 0 saturated carbocycles. The van der Waals surface area contributed by atoms with Gasteiger partial charge in [0.15, 0.2) is 88.7 Å². The first-order valence-electron chi connectivity index (χ1n) is 38.3. The van der Waals surface area contributed by atoms with Crippen molar-refractivity contribution in [1.29, 1.82) is 0 Å². The van der Waals surface area contributed by atoms with E-state index in [0.717, 1.165) is 161 Å². The number of fused-ring (bicyclic) bond motifs is 6. The zero-order valence-electron chi connectivity index (χ0n) is 64.4. The molecule has 17 heterocycles. The molecule has 12 aromatic heterocycles. The summed E-state index contributed by atoms with van der Waals surface area (Å²) in [6, 6.07) is 1.29. The third-order valence-electron chi connectivity index (χ3n) is 18.9. The molecule has 0 spiro atoms. The van der Waals surface area contributed by atoms with Gasteiger partial charge in [0.1, 0.15) is 47.7 Å². The van der Waals surface area contributed by atoms with E-state index in [2.05, 4.69) is 131 Å². The van der Waals surface area contributed by atoms with Crippen LogP contribution in [0.2, 0.25) is 26.2 Å². The minimum absolute atomic E-state index is 0.0241. The van der Waals surface area contributed by atoms with Gasteiger partial charge in [-0.05, 0) is 187 Å². The Morgan fingerprint density at radius 2 is 0.789 bits per heavy atom. The number of nitrogens with one attached hydrogen (secondary N) is 1. The first kappa shape index (κ1) is 84.8. The van der Waals surface area contributed by atoms with Crippen LogP contribution in [0.1, 0.15) is 208 Å². The zero-order chi connectivity index (χ0) is 80.5. The summed E-state index contributed by atoms with van der Waals surface area (Å²) in [5.41, 5.74) is 30.9. The number of nitrogen functional groups attached to an aromatic ring is 4. The number of aromatic amines is 1. The monoisotopic (exact) mass is 1740 g/mol. The van der Waals surface area contributed by atoms with E-state index in [1.807, 2.05) is 43.6 Å². The Balaban J connectivity index is 0.000000128. The van der Waals surface area contributed by atoms with Crippen molar-refractivity contribution in [3.8, 4) is 24.0 Å². The fraction of sp³-hybridized carbons (Fsp3) is 0.577. The summed E-state index contributed by atoms with van der Waals surface area (Å²) in [5.74, 6) is 1.25. The van der Waals surface area contributed by atoms with Gasteiger partial charge in [-0.1, -0.05) is 63.2 Å². The van der Waals surface area contributed by atoms with Crippen LogP contribution in [0, 0.1) is 0 Å². The van der Waals surface area contributed by atoms with Gasteiger partial charge in [-0.2, -0.15) is 54.8 Å². The molecule has 8 atom stereocenters. The van der Waals surface area contributed by atoms with E-state index in [4.69, 9.17) is 124 Å². The Hall–Kier alpha value is -8.57. The van der Waals surface area contributed by atoms with Crippen LogP contribution < -0.4 is 41.9 Å². The fourth-order valence-corrected chi connectivity index (χ4v) is 15.0. The molecule has 5 aliphatic rings. The summed E-state index contributed by atoms with van der Waals surface area (Å²) < 4.78 is 61.8. The average molecular weight is 1740 g/mol. The van der Waals surface area contributed by atoms with Crippen LogP contribution in [0.4, 0.5) is 23.3 Å². The molecule has 0 bridgehead atoms.